The zero-order valence-electron chi connectivity index (χ0n) is 7.31. The van der Waals surface area contributed by atoms with Crippen molar-refractivity contribution in [2.45, 2.75) is 18.9 Å². The Balaban J connectivity index is 2.21. The lowest BCUT2D eigenvalue weighted by Crippen LogP contribution is -2.35. The van der Waals surface area contributed by atoms with Crippen molar-refractivity contribution in [3.05, 3.63) is 9.98 Å². The third-order valence-electron chi connectivity index (χ3n) is 2.25. The molecule has 1 atom stereocenters. The molecule has 2 heterocycles. The average Bonchev–Trinajstić information content (AvgIpc) is 2.70. The first-order chi connectivity index (χ1) is 6.68. The Kier molecular flexibility index (Phi) is 2.73. The van der Waals surface area contributed by atoms with E-state index in [1.165, 1.54) is 11.3 Å². The molecule has 0 aromatic carbocycles. The van der Waals surface area contributed by atoms with Gasteiger partial charge in [0.15, 0.2) is 5.13 Å². The number of anilines is 1. The Morgan fingerprint density at radius 2 is 2.57 bits per heavy atom. The maximum absolute atomic E-state index is 10.9. The van der Waals surface area contributed by atoms with Crippen LogP contribution in [-0.4, -0.2) is 28.6 Å². The van der Waals surface area contributed by atoms with E-state index in [0.717, 1.165) is 22.7 Å². The molecule has 0 radical (unpaired) electrons. The second-order valence-electron chi connectivity index (χ2n) is 3.14. The van der Waals surface area contributed by atoms with E-state index in [1.807, 2.05) is 10.3 Å². The van der Waals surface area contributed by atoms with Crippen molar-refractivity contribution in [3.63, 3.8) is 0 Å². The Hall–Kier alpha value is -0.620. The van der Waals surface area contributed by atoms with Crippen molar-refractivity contribution in [1.29, 1.82) is 0 Å². The van der Waals surface area contributed by atoms with Gasteiger partial charge in [0, 0.05) is 11.9 Å². The molecule has 1 saturated heterocycles. The number of hydrogen-bond donors (Lipinski definition) is 1. The Labute approximate surface area is 93.7 Å². The number of rotatable bonds is 2. The number of carbonyl (C=O) groups is 1. The number of aliphatic carboxylic acids is 1. The van der Waals surface area contributed by atoms with E-state index in [-0.39, 0.29) is 0 Å². The van der Waals surface area contributed by atoms with Crippen molar-refractivity contribution in [1.82, 2.24) is 4.98 Å². The summed E-state index contributed by atoms with van der Waals surface area (Å²) < 4.78 is 0.772. The summed E-state index contributed by atoms with van der Waals surface area (Å²) in [6, 6.07) is -0.395. The van der Waals surface area contributed by atoms with Crippen LogP contribution in [0.1, 0.15) is 12.8 Å². The van der Waals surface area contributed by atoms with Crippen LogP contribution < -0.4 is 4.90 Å². The summed E-state index contributed by atoms with van der Waals surface area (Å²) >= 11 is 4.73. The van der Waals surface area contributed by atoms with Crippen molar-refractivity contribution in [2.24, 2.45) is 0 Å². The van der Waals surface area contributed by atoms with Gasteiger partial charge in [0.05, 0.1) is 0 Å². The van der Waals surface area contributed by atoms with Gasteiger partial charge in [-0.25, -0.2) is 9.78 Å². The van der Waals surface area contributed by atoms with Crippen LogP contribution in [0.5, 0.6) is 0 Å². The molecule has 1 N–H and O–H groups in total. The number of hydrogen-bond acceptors (Lipinski definition) is 4. The molecule has 1 unspecified atom stereocenters. The molecule has 4 nitrogen and oxygen atoms in total. The molecule has 0 saturated carbocycles. The van der Waals surface area contributed by atoms with E-state index in [2.05, 4.69) is 20.9 Å². The van der Waals surface area contributed by atoms with Crippen LogP contribution in [0.15, 0.2) is 9.98 Å². The average molecular weight is 277 g/mol. The SMILES string of the molecule is O=C(O)C1CCCN1c1nc(Br)cs1. The van der Waals surface area contributed by atoms with Gasteiger partial charge in [0.2, 0.25) is 0 Å². The molecule has 76 valence electrons. The molecule has 6 heteroatoms. The van der Waals surface area contributed by atoms with Crippen LogP contribution in [0.3, 0.4) is 0 Å². The maximum Gasteiger partial charge on any atom is 0.326 e. The van der Waals surface area contributed by atoms with Gasteiger partial charge in [-0.2, -0.15) is 0 Å². The predicted molar refractivity (Wildman–Crippen MR) is 57.8 cm³/mol. The number of carboxylic acid groups (broad SMARTS) is 1. The van der Waals surface area contributed by atoms with Crippen molar-refractivity contribution in [2.75, 3.05) is 11.4 Å². The first-order valence-electron chi connectivity index (χ1n) is 4.29. The molecule has 1 aromatic rings. The van der Waals surface area contributed by atoms with Gasteiger partial charge in [-0.1, -0.05) is 0 Å². The Bertz CT molecular complexity index is 355. The number of nitrogens with zero attached hydrogens (tertiary/aromatic N) is 2. The van der Waals surface area contributed by atoms with E-state index >= 15 is 0 Å². The first-order valence-corrected chi connectivity index (χ1v) is 5.96. The van der Waals surface area contributed by atoms with Crippen LogP contribution in [0.4, 0.5) is 5.13 Å². The van der Waals surface area contributed by atoms with Crippen molar-refractivity contribution >= 4 is 38.4 Å². The van der Waals surface area contributed by atoms with Gasteiger partial charge in [0.1, 0.15) is 10.6 Å². The fourth-order valence-electron chi connectivity index (χ4n) is 1.63. The third kappa shape index (κ3) is 1.76. The zero-order chi connectivity index (χ0) is 10.1. The highest BCUT2D eigenvalue weighted by Gasteiger charge is 2.32. The second kappa shape index (κ2) is 3.86. The topological polar surface area (TPSA) is 53.4 Å². The molecule has 0 amide bonds. The zero-order valence-corrected chi connectivity index (χ0v) is 9.71. The quantitative estimate of drug-likeness (QED) is 0.897. The molecular weight excluding hydrogens is 268 g/mol. The van der Waals surface area contributed by atoms with Crippen LogP contribution in [0.2, 0.25) is 0 Å². The molecular formula is C8H9BrN2O2S. The molecule has 2 rings (SSSR count). The minimum Gasteiger partial charge on any atom is -0.480 e. The molecule has 14 heavy (non-hydrogen) atoms. The van der Waals surface area contributed by atoms with Gasteiger partial charge >= 0.3 is 5.97 Å². The lowest BCUT2D eigenvalue weighted by molar-refractivity contribution is -0.138. The minimum atomic E-state index is -0.756. The molecule has 0 bridgehead atoms. The summed E-state index contributed by atoms with van der Waals surface area (Å²) in [6.45, 7) is 0.789. The summed E-state index contributed by atoms with van der Waals surface area (Å²) in [7, 11) is 0. The Morgan fingerprint density at radius 3 is 3.14 bits per heavy atom. The molecule has 1 fully saturated rings. The normalized spacial score (nSPS) is 21.5. The molecule has 0 aliphatic carbocycles. The Morgan fingerprint density at radius 1 is 1.79 bits per heavy atom. The second-order valence-corrected chi connectivity index (χ2v) is 4.79. The van der Waals surface area contributed by atoms with Crippen molar-refractivity contribution in [3.8, 4) is 0 Å². The van der Waals surface area contributed by atoms with Crippen LogP contribution in [-0.2, 0) is 4.79 Å². The third-order valence-corrected chi connectivity index (χ3v) is 3.83. The lowest BCUT2D eigenvalue weighted by Gasteiger charge is -2.19. The van der Waals surface area contributed by atoms with E-state index in [4.69, 9.17) is 5.11 Å². The molecule has 1 aliphatic rings. The van der Waals surface area contributed by atoms with E-state index < -0.39 is 12.0 Å². The first kappa shape index (κ1) is 9.92. The highest BCUT2D eigenvalue weighted by Crippen LogP contribution is 2.30. The maximum atomic E-state index is 10.9. The summed E-state index contributed by atoms with van der Waals surface area (Å²) in [4.78, 5) is 17.0. The largest absolute Gasteiger partial charge is 0.480 e. The van der Waals surface area contributed by atoms with Crippen molar-refractivity contribution < 1.29 is 9.90 Å². The van der Waals surface area contributed by atoms with Gasteiger partial charge < -0.3 is 10.0 Å². The summed E-state index contributed by atoms with van der Waals surface area (Å²) in [5.41, 5.74) is 0. The summed E-state index contributed by atoms with van der Waals surface area (Å²) in [5.74, 6) is -0.756. The summed E-state index contributed by atoms with van der Waals surface area (Å²) in [6.07, 6.45) is 1.64. The lowest BCUT2D eigenvalue weighted by atomic mass is 10.2. The fourth-order valence-corrected chi connectivity index (χ4v) is 2.96. The van der Waals surface area contributed by atoms with Gasteiger partial charge in [0.25, 0.3) is 0 Å². The molecule has 0 spiro atoms. The standard InChI is InChI=1S/C8H9BrN2O2S/c9-6-4-14-8(10-6)11-3-1-2-5(11)7(12)13/h4-5H,1-3H2,(H,12,13). The number of halogens is 1. The minimum absolute atomic E-state index is 0.395. The molecule has 1 aliphatic heterocycles. The van der Waals surface area contributed by atoms with Crippen LogP contribution in [0, 0.1) is 0 Å². The van der Waals surface area contributed by atoms with E-state index in [1.54, 1.807) is 0 Å². The number of carboxylic acids is 1. The fraction of sp³-hybridized carbons (Fsp3) is 0.500. The van der Waals surface area contributed by atoms with Gasteiger partial charge in [-0.05, 0) is 28.8 Å². The van der Waals surface area contributed by atoms with Crippen LogP contribution in [0.25, 0.3) is 0 Å². The number of thiazole rings is 1. The highest BCUT2D eigenvalue weighted by molar-refractivity contribution is 9.10. The van der Waals surface area contributed by atoms with Crippen LogP contribution >= 0.6 is 27.3 Å². The highest BCUT2D eigenvalue weighted by atomic mass is 79.9. The van der Waals surface area contributed by atoms with Gasteiger partial charge in [-0.15, -0.1) is 11.3 Å². The van der Waals surface area contributed by atoms with Gasteiger partial charge in [-0.3, -0.25) is 0 Å². The van der Waals surface area contributed by atoms with E-state index in [0.29, 0.717) is 6.42 Å². The predicted octanol–water partition coefficient (Wildman–Crippen LogP) is 1.96. The number of aromatic nitrogens is 1. The van der Waals surface area contributed by atoms with E-state index in [9.17, 15) is 4.79 Å². The monoisotopic (exact) mass is 276 g/mol. The smallest absolute Gasteiger partial charge is 0.326 e. The summed E-state index contributed by atoms with van der Waals surface area (Å²) in [5, 5.41) is 11.6. The molecule has 1 aromatic heterocycles.